The Hall–Kier alpha value is -2.97. The zero-order valence-electron chi connectivity index (χ0n) is 16.2. The normalized spacial score (nSPS) is 14.5. The van der Waals surface area contributed by atoms with Crippen LogP contribution in [0, 0.1) is 0 Å². The number of carbonyl (C=O) groups excluding carboxylic acids is 1. The fraction of sp³-hybridized carbons (Fsp3) is 0.238. The summed E-state index contributed by atoms with van der Waals surface area (Å²) in [6, 6.07) is 9.12. The van der Waals surface area contributed by atoms with Gasteiger partial charge in [-0.15, -0.1) is 0 Å². The predicted octanol–water partition coefficient (Wildman–Crippen LogP) is 3.86. The molecule has 0 radical (unpaired) electrons. The zero-order valence-corrected chi connectivity index (χ0v) is 17.8. The van der Waals surface area contributed by atoms with Crippen molar-refractivity contribution >= 4 is 55.2 Å². The molecule has 9 heteroatoms. The molecule has 2 aromatic carbocycles. The van der Waals surface area contributed by atoms with Crippen molar-refractivity contribution in [1.29, 1.82) is 0 Å². The molecule has 5 rings (SSSR count). The molecular formula is C21H18ClN5O2S. The fourth-order valence-corrected chi connectivity index (χ4v) is 4.93. The summed E-state index contributed by atoms with van der Waals surface area (Å²) in [4.78, 5) is 30.3. The molecule has 2 aromatic heterocycles. The number of hydrogen-bond acceptors (Lipinski definition) is 7. The van der Waals surface area contributed by atoms with Crippen LogP contribution in [0.15, 0.2) is 42.7 Å². The van der Waals surface area contributed by atoms with Gasteiger partial charge in [0.1, 0.15) is 11.3 Å². The molecule has 0 saturated carbocycles. The minimum Gasteiger partial charge on any atom is -0.494 e. The van der Waals surface area contributed by atoms with Crippen molar-refractivity contribution in [2.45, 2.75) is 0 Å². The van der Waals surface area contributed by atoms with Gasteiger partial charge in [0, 0.05) is 44.1 Å². The Kier molecular flexibility index (Phi) is 4.88. The maximum Gasteiger partial charge on any atom is 0.254 e. The zero-order chi connectivity index (χ0) is 20.7. The summed E-state index contributed by atoms with van der Waals surface area (Å²) >= 11 is 7.90. The fourth-order valence-electron chi connectivity index (χ4n) is 3.62. The maximum absolute atomic E-state index is 13.0. The van der Waals surface area contributed by atoms with Crippen LogP contribution >= 0.6 is 22.9 Å². The van der Waals surface area contributed by atoms with Crippen LogP contribution in [-0.4, -0.2) is 59.0 Å². The van der Waals surface area contributed by atoms with E-state index in [1.165, 1.54) is 0 Å². The van der Waals surface area contributed by atoms with Crippen molar-refractivity contribution in [3.8, 4) is 5.75 Å². The van der Waals surface area contributed by atoms with E-state index >= 15 is 0 Å². The van der Waals surface area contributed by atoms with Crippen LogP contribution in [0.25, 0.3) is 21.3 Å². The molecule has 0 spiro atoms. The molecule has 152 valence electrons. The molecule has 4 aromatic rings. The minimum absolute atomic E-state index is 0.0104. The largest absolute Gasteiger partial charge is 0.494 e. The summed E-state index contributed by atoms with van der Waals surface area (Å²) in [5.74, 6) is 0.723. The third-order valence-corrected chi connectivity index (χ3v) is 6.80. The number of aromatic nitrogens is 3. The van der Waals surface area contributed by atoms with Crippen molar-refractivity contribution in [3.63, 3.8) is 0 Å². The van der Waals surface area contributed by atoms with Crippen LogP contribution in [0.3, 0.4) is 0 Å². The first-order chi connectivity index (χ1) is 14.6. The average molecular weight is 440 g/mol. The van der Waals surface area contributed by atoms with Crippen LogP contribution in [0.5, 0.6) is 5.75 Å². The smallest absolute Gasteiger partial charge is 0.254 e. The number of halogens is 1. The van der Waals surface area contributed by atoms with Gasteiger partial charge in [-0.05, 0) is 30.3 Å². The standard InChI is InChI=1S/C21H18ClN5O2S/c1-29-17-5-3-14(22)19-18(17)25-21(30-19)27-10-8-26(9-11-27)20(28)13-2-4-15-16(12-13)24-7-6-23-15/h2-7,12H,8-11H2,1H3. The van der Waals surface area contributed by atoms with E-state index < -0.39 is 0 Å². The van der Waals surface area contributed by atoms with Crippen molar-refractivity contribution < 1.29 is 9.53 Å². The quantitative estimate of drug-likeness (QED) is 0.482. The van der Waals surface area contributed by atoms with E-state index in [1.807, 2.05) is 29.2 Å². The van der Waals surface area contributed by atoms with Crippen molar-refractivity contribution in [2.75, 3.05) is 38.2 Å². The first kappa shape index (κ1) is 19.0. The molecule has 0 aliphatic carbocycles. The Morgan fingerprint density at radius 2 is 1.83 bits per heavy atom. The van der Waals surface area contributed by atoms with E-state index in [0.717, 1.165) is 26.4 Å². The Balaban J connectivity index is 1.33. The number of nitrogens with zero attached hydrogens (tertiary/aromatic N) is 5. The number of amides is 1. The number of hydrogen-bond donors (Lipinski definition) is 0. The molecule has 1 fully saturated rings. The molecule has 7 nitrogen and oxygen atoms in total. The van der Waals surface area contributed by atoms with Crippen molar-refractivity contribution in [2.24, 2.45) is 0 Å². The van der Waals surface area contributed by atoms with E-state index in [-0.39, 0.29) is 5.91 Å². The highest BCUT2D eigenvalue weighted by molar-refractivity contribution is 7.22. The number of benzene rings is 2. The molecule has 0 bridgehead atoms. The Morgan fingerprint density at radius 3 is 2.60 bits per heavy atom. The van der Waals surface area contributed by atoms with Crippen LogP contribution in [0.2, 0.25) is 5.02 Å². The van der Waals surface area contributed by atoms with Gasteiger partial charge in [0.2, 0.25) is 0 Å². The number of rotatable bonds is 3. The second-order valence-corrected chi connectivity index (χ2v) is 8.35. The van der Waals surface area contributed by atoms with Gasteiger partial charge in [0.25, 0.3) is 5.91 Å². The molecule has 3 heterocycles. The number of ether oxygens (including phenoxy) is 1. The van der Waals surface area contributed by atoms with Crippen molar-refractivity contribution in [1.82, 2.24) is 19.9 Å². The van der Waals surface area contributed by atoms with E-state index in [4.69, 9.17) is 21.3 Å². The molecule has 1 aliphatic rings. The summed E-state index contributed by atoms with van der Waals surface area (Å²) in [5, 5.41) is 1.56. The summed E-state index contributed by atoms with van der Waals surface area (Å²) in [6.07, 6.45) is 3.28. The van der Waals surface area contributed by atoms with Crippen LogP contribution in [-0.2, 0) is 0 Å². The van der Waals surface area contributed by atoms with Gasteiger partial charge in [-0.1, -0.05) is 22.9 Å². The highest BCUT2D eigenvalue weighted by Gasteiger charge is 2.25. The first-order valence-electron chi connectivity index (χ1n) is 9.52. The lowest BCUT2D eigenvalue weighted by molar-refractivity contribution is 0.0747. The third-order valence-electron chi connectivity index (χ3n) is 5.22. The van der Waals surface area contributed by atoms with Gasteiger partial charge in [-0.2, -0.15) is 0 Å². The Labute approximate surface area is 181 Å². The highest BCUT2D eigenvalue weighted by Crippen LogP contribution is 2.38. The number of carbonyl (C=O) groups is 1. The third kappa shape index (κ3) is 3.32. The van der Waals surface area contributed by atoms with E-state index in [9.17, 15) is 4.79 Å². The molecule has 1 aliphatic heterocycles. The Morgan fingerprint density at radius 1 is 1.07 bits per heavy atom. The topological polar surface area (TPSA) is 71.5 Å². The minimum atomic E-state index is 0.0104. The number of piperazine rings is 1. The first-order valence-corrected chi connectivity index (χ1v) is 10.7. The molecule has 1 saturated heterocycles. The summed E-state index contributed by atoms with van der Waals surface area (Å²) in [6.45, 7) is 2.66. The number of fused-ring (bicyclic) bond motifs is 2. The van der Waals surface area contributed by atoms with Crippen LogP contribution in [0.1, 0.15) is 10.4 Å². The van der Waals surface area contributed by atoms with Gasteiger partial charge in [-0.3, -0.25) is 14.8 Å². The van der Waals surface area contributed by atoms with Crippen molar-refractivity contribution in [3.05, 3.63) is 53.3 Å². The van der Waals surface area contributed by atoms with Gasteiger partial charge >= 0.3 is 0 Å². The number of thiazole rings is 1. The highest BCUT2D eigenvalue weighted by atomic mass is 35.5. The summed E-state index contributed by atoms with van der Waals surface area (Å²) < 4.78 is 6.33. The van der Waals surface area contributed by atoms with Gasteiger partial charge < -0.3 is 14.5 Å². The van der Waals surface area contributed by atoms with Gasteiger partial charge in [0.15, 0.2) is 5.13 Å². The molecule has 0 N–H and O–H groups in total. The van der Waals surface area contributed by atoms with E-state index in [2.05, 4.69) is 14.9 Å². The average Bonchev–Trinajstić information content (AvgIpc) is 3.25. The predicted molar refractivity (Wildman–Crippen MR) is 119 cm³/mol. The van der Waals surface area contributed by atoms with Crippen LogP contribution < -0.4 is 9.64 Å². The lowest BCUT2D eigenvalue weighted by Gasteiger charge is -2.34. The van der Waals surface area contributed by atoms with Gasteiger partial charge in [-0.25, -0.2) is 4.98 Å². The second kappa shape index (κ2) is 7.70. The lowest BCUT2D eigenvalue weighted by Crippen LogP contribution is -2.48. The summed E-state index contributed by atoms with van der Waals surface area (Å²) in [7, 11) is 1.63. The molecule has 0 unspecified atom stereocenters. The molecule has 0 atom stereocenters. The van der Waals surface area contributed by atoms with Gasteiger partial charge in [0.05, 0.1) is 27.9 Å². The molecule has 30 heavy (non-hydrogen) atoms. The maximum atomic E-state index is 13.0. The number of methoxy groups -OCH3 is 1. The van der Waals surface area contributed by atoms with Crippen LogP contribution in [0.4, 0.5) is 5.13 Å². The van der Waals surface area contributed by atoms with E-state index in [1.54, 1.807) is 36.9 Å². The van der Waals surface area contributed by atoms with E-state index in [0.29, 0.717) is 42.5 Å². The molecular weight excluding hydrogens is 422 g/mol. The molecule has 1 amide bonds. The second-order valence-electron chi connectivity index (χ2n) is 6.96. The SMILES string of the molecule is COc1ccc(Cl)c2sc(N3CCN(C(=O)c4ccc5nccnc5c4)CC3)nc12. The lowest BCUT2D eigenvalue weighted by atomic mass is 10.1. The Bertz CT molecular complexity index is 1250. The monoisotopic (exact) mass is 439 g/mol. The number of anilines is 1. The summed E-state index contributed by atoms with van der Waals surface area (Å²) in [5.41, 5.74) is 2.92.